The lowest BCUT2D eigenvalue weighted by Crippen LogP contribution is -2.32. The van der Waals surface area contributed by atoms with E-state index >= 15 is 0 Å². The number of carbonyl (C=O) groups is 1. The van der Waals surface area contributed by atoms with Crippen LogP contribution >= 0.6 is 0 Å². The van der Waals surface area contributed by atoms with Crippen molar-refractivity contribution in [3.8, 4) is 28.0 Å². The lowest BCUT2D eigenvalue weighted by molar-refractivity contribution is 0.198. The highest BCUT2D eigenvalue weighted by Gasteiger charge is 2.10. The maximum atomic E-state index is 12.0. The van der Waals surface area contributed by atoms with Gasteiger partial charge in [-0.05, 0) is 54.3 Å². The third kappa shape index (κ3) is 4.48. The Morgan fingerprint density at radius 3 is 1.68 bits per heavy atom. The topological polar surface area (TPSA) is 38.3 Å². The van der Waals surface area contributed by atoms with E-state index in [0.717, 1.165) is 22.3 Å². The Morgan fingerprint density at radius 2 is 1.24 bits per heavy atom. The van der Waals surface area contributed by atoms with Gasteiger partial charge < -0.3 is 10.1 Å². The van der Waals surface area contributed by atoms with Gasteiger partial charge in [0.25, 0.3) is 0 Å². The van der Waals surface area contributed by atoms with Crippen molar-refractivity contribution in [2.75, 3.05) is 0 Å². The van der Waals surface area contributed by atoms with E-state index in [2.05, 4.69) is 11.4 Å². The van der Waals surface area contributed by atoms with Crippen LogP contribution in [0.1, 0.15) is 13.8 Å². The minimum absolute atomic E-state index is 0.0263. The summed E-state index contributed by atoms with van der Waals surface area (Å²) >= 11 is 0. The summed E-state index contributed by atoms with van der Waals surface area (Å²) in [5, 5.41) is 2.75. The monoisotopic (exact) mass is 331 g/mol. The Bertz CT molecular complexity index is 785. The fraction of sp³-hybridized carbons (Fsp3) is 0.136. The van der Waals surface area contributed by atoms with Crippen LogP contribution in [-0.4, -0.2) is 12.1 Å². The highest BCUT2D eigenvalue weighted by molar-refractivity contribution is 5.77. The number of hydrogen-bond acceptors (Lipinski definition) is 2. The molecule has 3 aromatic rings. The summed E-state index contributed by atoms with van der Waals surface area (Å²) in [6, 6.07) is 26.0. The molecule has 3 rings (SSSR count). The minimum atomic E-state index is -0.445. The average Bonchev–Trinajstić information content (AvgIpc) is 2.62. The SMILES string of the molecule is CC(C)NC(=O)Oc1cc(-c2ccccc2)cc(-c2ccccc2)c1. The number of rotatable bonds is 4. The van der Waals surface area contributed by atoms with Gasteiger partial charge in [-0.25, -0.2) is 4.79 Å². The van der Waals surface area contributed by atoms with E-state index in [0.29, 0.717) is 5.75 Å². The number of nitrogens with one attached hydrogen (secondary N) is 1. The molecule has 0 saturated carbocycles. The Labute approximate surface area is 148 Å². The number of carbonyl (C=O) groups excluding carboxylic acids is 1. The quantitative estimate of drug-likeness (QED) is 0.684. The molecule has 126 valence electrons. The standard InChI is InChI=1S/C22H21NO2/c1-16(2)23-22(24)25-21-14-19(17-9-5-3-6-10-17)13-20(15-21)18-11-7-4-8-12-18/h3-16H,1-2H3,(H,23,24). The summed E-state index contributed by atoms with van der Waals surface area (Å²) in [6.45, 7) is 3.80. The first-order valence-electron chi connectivity index (χ1n) is 8.36. The molecule has 0 spiro atoms. The Balaban J connectivity index is 2.01. The first-order chi connectivity index (χ1) is 12.1. The third-order valence-electron chi connectivity index (χ3n) is 3.74. The van der Waals surface area contributed by atoms with Crippen molar-refractivity contribution in [1.29, 1.82) is 0 Å². The van der Waals surface area contributed by atoms with Crippen molar-refractivity contribution in [2.45, 2.75) is 19.9 Å². The van der Waals surface area contributed by atoms with Gasteiger partial charge in [0.2, 0.25) is 0 Å². The van der Waals surface area contributed by atoms with Gasteiger partial charge in [0.1, 0.15) is 5.75 Å². The second-order valence-corrected chi connectivity index (χ2v) is 6.17. The van der Waals surface area contributed by atoms with Gasteiger partial charge in [0.05, 0.1) is 0 Å². The first-order valence-corrected chi connectivity index (χ1v) is 8.36. The number of ether oxygens (including phenoxy) is 1. The molecule has 0 aliphatic rings. The van der Waals surface area contributed by atoms with E-state index < -0.39 is 6.09 Å². The van der Waals surface area contributed by atoms with Crippen LogP contribution in [0.15, 0.2) is 78.9 Å². The fourth-order valence-electron chi connectivity index (χ4n) is 2.62. The lowest BCUT2D eigenvalue weighted by atomic mass is 9.98. The van der Waals surface area contributed by atoms with E-state index in [1.54, 1.807) is 0 Å². The van der Waals surface area contributed by atoms with E-state index in [-0.39, 0.29) is 6.04 Å². The summed E-state index contributed by atoms with van der Waals surface area (Å²) in [4.78, 5) is 12.0. The van der Waals surface area contributed by atoms with E-state index in [1.165, 1.54) is 0 Å². The normalized spacial score (nSPS) is 10.5. The molecule has 0 aliphatic heterocycles. The molecule has 0 heterocycles. The van der Waals surface area contributed by atoms with Gasteiger partial charge in [-0.3, -0.25) is 0 Å². The predicted octanol–water partition coefficient (Wildman–Crippen LogP) is 5.52. The van der Waals surface area contributed by atoms with E-state index in [4.69, 9.17) is 4.74 Å². The van der Waals surface area contributed by atoms with E-state index in [1.807, 2.05) is 86.6 Å². The molecule has 0 saturated heterocycles. The summed E-state index contributed by atoms with van der Waals surface area (Å²) in [6.07, 6.45) is -0.445. The third-order valence-corrected chi connectivity index (χ3v) is 3.74. The zero-order valence-corrected chi connectivity index (χ0v) is 14.4. The van der Waals surface area contributed by atoms with Gasteiger partial charge >= 0.3 is 6.09 Å². The van der Waals surface area contributed by atoms with Crippen molar-refractivity contribution in [2.24, 2.45) is 0 Å². The number of hydrogen-bond donors (Lipinski definition) is 1. The summed E-state index contributed by atoms with van der Waals surface area (Å²) in [5.41, 5.74) is 4.17. The van der Waals surface area contributed by atoms with Crippen LogP contribution in [0.25, 0.3) is 22.3 Å². The van der Waals surface area contributed by atoms with Crippen molar-refractivity contribution in [1.82, 2.24) is 5.32 Å². The zero-order valence-electron chi connectivity index (χ0n) is 14.4. The molecule has 1 amide bonds. The lowest BCUT2D eigenvalue weighted by Gasteiger charge is -2.12. The van der Waals surface area contributed by atoms with Crippen LogP contribution in [0, 0.1) is 0 Å². The van der Waals surface area contributed by atoms with Crippen LogP contribution in [-0.2, 0) is 0 Å². The van der Waals surface area contributed by atoms with Crippen molar-refractivity contribution in [3.63, 3.8) is 0 Å². The zero-order chi connectivity index (χ0) is 17.6. The average molecular weight is 331 g/mol. The molecule has 25 heavy (non-hydrogen) atoms. The van der Waals surface area contributed by atoms with Crippen LogP contribution in [0.2, 0.25) is 0 Å². The van der Waals surface area contributed by atoms with E-state index in [9.17, 15) is 4.79 Å². The summed E-state index contributed by atoms with van der Waals surface area (Å²) in [7, 11) is 0. The van der Waals surface area contributed by atoms with Crippen LogP contribution in [0.3, 0.4) is 0 Å². The second kappa shape index (κ2) is 7.67. The molecule has 0 aliphatic carbocycles. The highest BCUT2D eigenvalue weighted by Crippen LogP contribution is 2.31. The predicted molar refractivity (Wildman–Crippen MR) is 102 cm³/mol. The maximum Gasteiger partial charge on any atom is 0.412 e. The Hall–Kier alpha value is -3.07. The van der Waals surface area contributed by atoms with Gasteiger partial charge in [0.15, 0.2) is 0 Å². The first kappa shape index (κ1) is 16.8. The van der Waals surface area contributed by atoms with Gasteiger partial charge in [-0.15, -0.1) is 0 Å². The van der Waals surface area contributed by atoms with Crippen molar-refractivity contribution < 1.29 is 9.53 Å². The second-order valence-electron chi connectivity index (χ2n) is 6.17. The molecule has 3 heteroatoms. The molecule has 0 unspecified atom stereocenters. The largest absolute Gasteiger partial charge is 0.412 e. The Kier molecular flexibility index (Phi) is 5.14. The molecule has 0 bridgehead atoms. The summed E-state index contributed by atoms with van der Waals surface area (Å²) in [5.74, 6) is 0.526. The minimum Gasteiger partial charge on any atom is -0.410 e. The molecule has 0 fully saturated rings. The fourth-order valence-corrected chi connectivity index (χ4v) is 2.62. The van der Waals surface area contributed by atoms with Crippen LogP contribution in [0.4, 0.5) is 4.79 Å². The molecule has 0 radical (unpaired) electrons. The molecule has 3 aromatic carbocycles. The smallest absolute Gasteiger partial charge is 0.410 e. The molecule has 3 nitrogen and oxygen atoms in total. The maximum absolute atomic E-state index is 12.0. The molecule has 0 aromatic heterocycles. The Morgan fingerprint density at radius 1 is 0.760 bits per heavy atom. The molecular weight excluding hydrogens is 310 g/mol. The van der Waals surface area contributed by atoms with Crippen molar-refractivity contribution >= 4 is 6.09 Å². The summed E-state index contributed by atoms with van der Waals surface area (Å²) < 4.78 is 5.50. The van der Waals surface area contributed by atoms with Gasteiger partial charge in [-0.2, -0.15) is 0 Å². The van der Waals surface area contributed by atoms with Crippen molar-refractivity contribution in [3.05, 3.63) is 78.9 Å². The van der Waals surface area contributed by atoms with Gasteiger partial charge in [-0.1, -0.05) is 60.7 Å². The highest BCUT2D eigenvalue weighted by atomic mass is 16.6. The number of benzene rings is 3. The molecular formula is C22H21NO2. The van der Waals surface area contributed by atoms with Crippen LogP contribution < -0.4 is 10.1 Å². The molecule has 0 atom stereocenters. The molecule has 1 N–H and O–H groups in total. The number of amides is 1. The van der Waals surface area contributed by atoms with Crippen LogP contribution in [0.5, 0.6) is 5.75 Å². The van der Waals surface area contributed by atoms with Gasteiger partial charge in [0, 0.05) is 6.04 Å².